The zero-order valence-electron chi connectivity index (χ0n) is 9.51. The average molecular weight is 220 g/mol. The van der Waals surface area contributed by atoms with Crippen LogP contribution in [-0.4, -0.2) is 23.6 Å². The van der Waals surface area contributed by atoms with E-state index in [2.05, 4.69) is 0 Å². The van der Waals surface area contributed by atoms with Gasteiger partial charge in [0.25, 0.3) is 0 Å². The van der Waals surface area contributed by atoms with E-state index in [0.29, 0.717) is 12.2 Å². The van der Waals surface area contributed by atoms with E-state index in [0.717, 1.165) is 5.56 Å². The van der Waals surface area contributed by atoms with Crippen molar-refractivity contribution in [2.75, 3.05) is 12.3 Å². The molecule has 86 valence electrons. The van der Waals surface area contributed by atoms with E-state index < -0.39 is 0 Å². The Balaban J connectivity index is 2.20. The van der Waals surface area contributed by atoms with Gasteiger partial charge in [-0.3, -0.25) is 0 Å². The van der Waals surface area contributed by atoms with E-state index >= 15 is 0 Å². The normalized spacial score (nSPS) is 20.3. The summed E-state index contributed by atoms with van der Waals surface area (Å²) in [7, 11) is 0. The van der Waals surface area contributed by atoms with Crippen LogP contribution in [0.2, 0.25) is 0 Å². The second-order valence-electron chi connectivity index (χ2n) is 4.25. The lowest BCUT2D eigenvalue weighted by Crippen LogP contribution is -2.31. The molecular formula is C12H16N2O2. The predicted molar refractivity (Wildman–Crippen MR) is 61.9 cm³/mol. The molecule has 1 aromatic carbocycles. The second-order valence-corrected chi connectivity index (χ2v) is 4.25. The molecule has 1 aromatic rings. The standard InChI is InChI=1S/C12H16N2O2/c1-8(2)14-7-11(16-12(14)15)9-5-3-4-6-10(9)13/h3-6,8,11H,7,13H2,1-2H3. The summed E-state index contributed by atoms with van der Waals surface area (Å²) in [5.74, 6) is 0. The van der Waals surface area contributed by atoms with Gasteiger partial charge in [0, 0.05) is 17.3 Å². The first-order valence-corrected chi connectivity index (χ1v) is 5.41. The molecule has 2 rings (SSSR count). The Morgan fingerprint density at radius 3 is 2.69 bits per heavy atom. The van der Waals surface area contributed by atoms with Crippen LogP contribution in [0.4, 0.5) is 10.5 Å². The zero-order chi connectivity index (χ0) is 11.7. The Bertz CT molecular complexity index is 404. The quantitative estimate of drug-likeness (QED) is 0.777. The van der Waals surface area contributed by atoms with Crippen molar-refractivity contribution >= 4 is 11.8 Å². The van der Waals surface area contributed by atoms with Gasteiger partial charge in [0.05, 0.1) is 6.54 Å². The first-order chi connectivity index (χ1) is 7.59. The van der Waals surface area contributed by atoms with Gasteiger partial charge >= 0.3 is 6.09 Å². The summed E-state index contributed by atoms with van der Waals surface area (Å²) in [6, 6.07) is 7.65. The highest BCUT2D eigenvalue weighted by Gasteiger charge is 2.34. The molecule has 0 bridgehead atoms. The van der Waals surface area contributed by atoms with Gasteiger partial charge in [0.1, 0.15) is 6.10 Å². The van der Waals surface area contributed by atoms with Gasteiger partial charge in [-0.25, -0.2) is 4.79 Å². The fourth-order valence-electron chi connectivity index (χ4n) is 1.87. The Labute approximate surface area is 95.0 Å². The van der Waals surface area contributed by atoms with E-state index in [1.807, 2.05) is 38.1 Å². The van der Waals surface area contributed by atoms with Crippen molar-refractivity contribution in [2.45, 2.75) is 26.0 Å². The molecule has 16 heavy (non-hydrogen) atoms. The number of cyclic esters (lactones) is 1. The largest absolute Gasteiger partial charge is 0.439 e. The van der Waals surface area contributed by atoms with Gasteiger partial charge in [0.15, 0.2) is 0 Å². The van der Waals surface area contributed by atoms with Crippen LogP contribution >= 0.6 is 0 Å². The highest BCUT2D eigenvalue weighted by atomic mass is 16.6. The summed E-state index contributed by atoms with van der Waals surface area (Å²) in [6.07, 6.45) is -0.501. The molecule has 1 aliphatic rings. The van der Waals surface area contributed by atoms with E-state index in [1.54, 1.807) is 4.90 Å². The molecule has 4 nitrogen and oxygen atoms in total. The van der Waals surface area contributed by atoms with Gasteiger partial charge < -0.3 is 15.4 Å². The van der Waals surface area contributed by atoms with Crippen molar-refractivity contribution in [3.63, 3.8) is 0 Å². The maximum absolute atomic E-state index is 11.6. The number of ether oxygens (including phenoxy) is 1. The number of amides is 1. The minimum Gasteiger partial charge on any atom is -0.439 e. The number of para-hydroxylation sites is 1. The highest BCUT2D eigenvalue weighted by molar-refractivity contribution is 5.71. The number of benzene rings is 1. The fourth-order valence-corrected chi connectivity index (χ4v) is 1.87. The van der Waals surface area contributed by atoms with Crippen LogP contribution in [0.1, 0.15) is 25.5 Å². The number of hydrogen-bond donors (Lipinski definition) is 1. The lowest BCUT2D eigenvalue weighted by molar-refractivity contribution is 0.130. The summed E-state index contributed by atoms with van der Waals surface area (Å²) in [5, 5.41) is 0. The summed E-state index contributed by atoms with van der Waals surface area (Å²) in [4.78, 5) is 13.3. The zero-order valence-corrected chi connectivity index (χ0v) is 9.51. The molecule has 1 fully saturated rings. The molecule has 0 spiro atoms. The summed E-state index contributed by atoms with van der Waals surface area (Å²) in [6.45, 7) is 4.51. The van der Waals surface area contributed by atoms with Gasteiger partial charge in [-0.05, 0) is 19.9 Å². The van der Waals surface area contributed by atoms with Gasteiger partial charge in [-0.2, -0.15) is 0 Å². The van der Waals surface area contributed by atoms with Crippen molar-refractivity contribution in [1.29, 1.82) is 0 Å². The van der Waals surface area contributed by atoms with Crippen LogP contribution in [0.15, 0.2) is 24.3 Å². The first kappa shape index (κ1) is 10.8. The summed E-state index contributed by atoms with van der Waals surface area (Å²) in [5.41, 5.74) is 7.42. The Morgan fingerprint density at radius 2 is 2.12 bits per heavy atom. The number of anilines is 1. The molecule has 1 amide bonds. The monoisotopic (exact) mass is 220 g/mol. The summed E-state index contributed by atoms with van der Waals surface area (Å²) >= 11 is 0. The van der Waals surface area contributed by atoms with Crippen LogP contribution in [0.5, 0.6) is 0 Å². The van der Waals surface area contributed by atoms with Crippen molar-refractivity contribution in [3.05, 3.63) is 29.8 Å². The van der Waals surface area contributed by atoms with Crippen LogP contribution in [-0.2, 0) is 4.74 Å². The maximum atomic E-state index is 11.6. The van der Waals surface area contributed by atoms with Crippen LogP contribution in [0, 0.1) is 0 Å². The van der Waals surface area contributed by atoms with Gasteiger partial charge in [-0.1, -0.05) is 18.2 Å². The van der Waals surface area contributed by atoms with Crippen molar-refractivity contribution in [3.8, 4) is 0 Å². The highest BCUT2D eigenvalue weighted by Crippen LogP contribution is 2.30. The smallest absolute Gasteiger partial charge is 0.410 e. The lowest BCUT2D eigenvalue weighted by atomic mass is 10.1. The minimum atomic E-state index is -0.261. The number of nitrogens with zero attached hydrogens (tertiary/aromatic N) is 1. The topological polar surface area (TPSA) is 55.6 Å². The molecule has 1 heterocycles. The molecule has 4 heteroatoms. The molecule has 1 unspecified atom stereocenters. The van der Waals surface area contributed by atoms with Crippen LogP contribution in [0.3, 0.4) is 0 Å². The third kappa shape index (κ3) is 1.83. The third-order valence-corrected chi connectivity index (χ3v) is 2.81. The molecule has 1 saturated heterocycles. The van der Waals surface area contributed by atoms with E-state index in [-0.39, 0.29) is 18.2 Å². The van der Waals surface area contributed by atoms with Crippen LogP contribution in [0.25, 0.3) is 0 Å². The Morgan fingerprint density at radius 1 is 1.44 bits per heavy atom. The first-order valence-electron chi connectivity index (χ1n) is 5.41. The molecular weight excluding hydrogens is 204 g/mol. The van der Waals surface area contributed by atoms with E-state index in [1.165, 1.54) is 0 Å². The average Bonchev–Trinajstić information content (AvgIpc) is 2.61. The SMILES string of the molecule is CC(C)N1CC(c2ccccc2N)OC1=O. The molecule has 0 radical (unpaired) electrons. The fraction of sp³-hybridized carbons (Fsp3) is 0.417. The Hall–Kier alpha value is -1.71. The number of hydrogen-bond acceptors (Lipinski definition) is 3. The number of rotatable bonds is 2. The number of carbonyl (C=O) groups excluding carboxylic acids is 1. The molecule has 0 aliphatic carbocycles. The molecule has 0 aromatic heterocycles. The molecule has 1 aliphatic heterocycles. The van der Waals surface area contributed by atoms with Gasteiger partial charge in [0.2, 0.25) is 0 Å². The lowest BCUT2D eigenvalue weighted by Gasteiger charge is -2.17. The number of nitrogen functional groups attached to an aromatic ring is 1. The van der Waals surface area contributed by atoms with Gasteiger partial charge in [-0.15, -0.1) is 0 Å². The Kier molecular flexibility index (Phi) is 2.73. The second kappa shape index (κ2) is 4.04. The van der Waals surface area contributed by atoms with Crippen LogP contribution < -0.4 is 5.73 Å². The van der Waals surface area contributed by atoms with Crippen molar-refractivity contribution in [2.24, 2.45) is 0 Å². The molecule has 1 atom stereocenters. The van der Waals surface area contributed by atoms with Crippen molar-refractivity contribution in [1.82, 2.24) is 4.90 Å². The van der Waals surface area contributed by atoms with E-state index in [9.17, 15) is 4.79 Å². The molecule has 0 saturated carbocycles. The summed E-state index contributed by atoms with van der Waals surface area (Å²) < 4.78 is 5.31. The minimum absolute atomic E-state index is 0.155. The molecule has 2 N–H and O–H groups in total. The van der Waals surface area contributed by atoms with Crippen molar-refractivity contribution < 1.29 is 9.53 Å². The maximum Gasteiger partial charge on any atom is 0.410 e. The van der Waals surface area contributed by atoms with E-state index in [4.69, 9.17) is 10.5 Å². The number of carbonyl (C=O) groups is 1. The predicted octanol–water partition coefficient (Wildman–Crippen LogP) is 2.17. The third-order valence-electron chi connectivity index (χ3n) is 2.81. The number of nitrogens with two attached hydrogens (primary N) is 1.